The predicted octanol–water partition coefficient (Wildman–Crippen LogP) is 4.79. The molecule has 120 valence electrons. The second kappa shape index (κ2) is 6.75. The van der Waals surface area contributed by atoms with E-state index in [2.05, 4.69) is 36.2 Å². The zero-order chi connectivity index (χ0) is 16.5. The van der Waals surface area contributed by atoms with E-state index in [9.17, 15) is 4.79 Å². The van der Waals surface area contributed by atoms with Crippen LogP contribution in [-0.2, 0) is 4.79 Å². The normalized spacial score (nSPS) is 11.2. The Bertz CT molecular complexity index is 1050. The van der Waals surface area contributed by atoms with Gasteiger partial charge >= 0.3 is 0 Å². The Balaban J connectivity index is 1.45. The summed E-state index contributed by atoms with van der Waals surface area (Å²) in [6, 6.07) is 7.83. The summed E-state index contributed by atoms with van der Waals surface area (Å²) in [6.45, 7) is 0. The van der Waals surface area contributed by atoms with Crippen molar-refractivity contribution >= 4 is 81.8 Å². The summed E-state index contributed by atoms with van der Waals surface area (Å²) in [7, 11) is 0. The van der Waals surface area contributed by atoms with E-state index in [1.54, 1.807) is 11.3 Å². The van der Waals surface area contributed by atoms with Gasteiger partial charge in [0.1, 0.15) is 16.2 Å². The summed E-state index contributed by atoms with van der Waals surface area (Å²) in [4.78, 5) is 26.0. The van der Waals surface area contributed by atoms with Crippen LogP contribution in [-0.4, -0.2) is 26.6 Å². The monoisotopic (exact) mass is 436 g/mol. The van der Waals surface area contributed by atoms with Crippen molar-refractivity contribution in [2.24, 2.45) is 0 Å². The zero-order valence-corrected chi connectivity index (χ0v) is 16.1. The fourth-order valence-corrected chi connectivity index (χ4v) is 5.14. The fraction of sp³-hybridized carbons (Fsp3) is 0.0667. The molecule has 0 fully saturated rings. The number of carbonyl (C=O) groups excluding carboxylic acids is 1. The summed E-state index contributed by atoms with van der Waals surface area (Å²) < 4.78 is 2.03. The van der Waals surface area contributed by atoms with Crippen molar-refractivity contribution in [1.82, 2.24) is 15.0 Å². The third-order valence-electron chi connectivity index (χ3n) is 3.16. The van der Waals surface area contributed by atoms with Crippen molar-refractivity contribution in [2.45, 2.75) is 5.03 Å². The Hall–Kier alpha value is -1.55. The molecule has 0 aliphatic rings. The minimum atomic E-state index is -0.0971. The molecule has 4 rings (SSSR count). The molecule has 0 bridgehead atoms. The molecular weight excluding hydrogens is 428 g/mol. The number of nitrogens with one attached hydrogen (secondary N) is 1. The van der Waals surface area contributed by atoms with Crippen LogP contribution in [0.3, 0.4) is 0 Å². The maximum atomic E-state index is 12.2. The molecule has 3 heterocycles. The minimum Gasteiger partial charge on any atom is -0.301 e. The van der Waals surface area contributed by atoms with Gasteiger partial charge < -0.3 is 5.32 Å². The maximum absolute atomic E-state index is 12.2. The molecule has 9 heteroatoms. The van der Waals surface area contributed by atoms with Gasteiger partial charge in [-0.15, -0.1) is 11.3 Å². The van der Waals surface area contributed by atoms with Gasteiger partial charge in [0.2, 0.25) is 5.91 Å². The van der Waals surface area contributed by atoms with E-state index in [1.165, 1.54) is 29.4 Å². The highest BCUT2D eigenvalue weighted by molar-refractivity contribution is 9.10. The average Bonchev–Trinajstić information content (AvgIpc) is 3.18. The van der Waals surface area contributed by atoms with Crippen LogP contribution < -0.4 is 5.32 Å². The van der Waals surface area contributed by atoms with Crippen LogP contribution in [0.15, 0.2) is 45.5 Å². The first-order valence-electron chi connectivity index (χ1n) is 6.86. The molecule has 24 heavy (non-hydrogen) atoms. The van der Waals surface area contributed by atoms with Gasteiger partial charge in [-0.2, -0.15) is 0 Å². The van der Waals surface area contributed by atoms with Crippen LogP contribution in [0.1, 0.15) is 0 Å². The number of thiophene rings is 1. The standard InChI is InChI=1S/C15H9BrN4OS3/c16-8-1-2-10-11(5-8)24-15(19-10)20-12(21)6-23-14-9-3-4-22-13(9)17-7-18-14/h1-5,7H,6H2,(H,19,20,21). The lowest BCUT2D eigenvalue weighted by Gasteiger charge is -2.02. The summed E-state index contributed by atoms with van der Waals surface area (Å²) in [6.07, 6.45) is 1.53. The van der Waals surface area contributed by atoms with Crippen molar-refractivity contribution in [2.75, 3.05) is 11.1 Å². The molecule has 0 atom stereocenters. The summed E-state index contributed by atoms with van der Waals surface area (Å²) in [5.41, 5.74) is 0.877. The van der Waals surface area contributed by atoms with E-state index < -0.39 is 0 Å². The number of hydrogen-bond acceptors (Lipinski definition) is 7. The van der Waals surface area contributed by atoms with Crippen molar-refractivity contribution in [3.8, 4) is 0 Å². The lowest BCUT2D eigenvalue weighted by atomic mass is 10.3. The molecule has 3 aromatic heterocycles. The number of aromatic nitrogens is 3. The quantitative estimate of drug-likeness (QED) is 0.367. The van der Waals surface area contributed by atoms with Gasteiger partial charge in [0.15, 0.2) is 5.13 Å². The van der Waals surface area contributed by atoms with E-state index in [4.69, 9.17) is 0 Å². The molecule has 1 N–H and O–H groups in total. The number of rotatable bonds is 4. The average molecular weight is 437 g/mol. The largest absolute Gasteiger partial charge is 0.301 e. The number of thioether (sulfide) groups is 1. The molecular formula is C15H9BrN4OS3. The second-order valence-electron chi connectivity index (χ2n) is 4.79. The Morgan fingerprint density at radius 1 is 1.29 bits per heavy atom. The van der Waals surface area contributed by atoms with E-state index in [-0.39, 0.29) is 11.7 Å². The first-order valence-corrected chi connectivity index (χ1v) is 10.3. The summed E-state index contributed by atoms with van der Waals surface area (Å²) in [5, 5.41) is 7.25. The first kappa shape index (κ1) is 15.9. The molecule has 1 aromatic carbocycles. The number of halogens is 1. The Kier molecular flexibility index (Phi) is 4.49. The van der Waals surface area contributed by atoms with Gasteiger partial charge in [-0.25, -0.2) is 15.0 Å². The molecule has 1 amide bonds. The summed E-state index contributed by atoms with van der Waals surface area (Å²) in [5.74, 6) is 0.182. The second-order valence-corrected chi connectivity index (χ2v) is 8.59. The third-order valence-corrected chi connectivity index (χ3v) is 6.41. The van der Waals surface area contributed by atoms with Crippen LogP contribution >= 0.6 is 50.4 Å². The number of fused-ring (bicyclic) bond motifs is 2. The highest BCUT2D eigenvalue weighted by atomic mass is 79.9. The number of benzene rings is 1. The van der Waals surface area contributed by atoms with Gasteiger partial charge in [0.05, 0.1) is 16.0 Å². The van der Waals surface area contributed by atoms with Gasteiger partial charge in [-0.1, -0.05) is 39.0 Å². The van der Waals surface area contributed by atoms with Crippen molar-refractivity contribution < 1.29 is 4.79 Å². The molecule has 0 spiro atoms. The van der Waals surface area contributed by atoms with Crippen LogP contribution in [0.5, 0.6) is 0 Å². The lowest BCUT2D eigenvalue weighted by Crippen LogP contribution is -2.13. The molecule has 0 radical (unpaired) electrons. The van der Waals surface area contributed by atoms with Crippen LogP contribution in [0.2, 0.25) is 0 Å². The van der Waals surface area contributed by atoms with Crippen molar-refractivity contribution in [3.63, 3.8) is 0 Å². The Morgan fingerprint density at radius 3 is 3.12 bits per heavy atom. The van der Waals surface area contributed by atoms with Gasteiger partial charge in [0.25, 0.3) is 0 Å². The number of thiazole rings is 1. The number of amides is 1. The molecule has 0 unspecified atom stereocenters. The van der Waals surface area contributed by atoms with E-state index >= 15 is 0 Å². The van der Waals surface area contributed by atoms with E-state index in [0.717, 1.165) is 29.9 Å². The Morgan fingerprint density at radius 2 is 2.21 bits per heavy atom. The number of carbonyl (C=O) groups is 1. The molecule has 5 nitrogen and oxygen atoms in total. The first-order chi connectivity index (χ1) is 11.7. The van der Waals surface area contributed by atoms with Crippen LogP contribution in [0, 0.1) is 0 Å². The van der Waals surface area contributed by atoms with E-state index in [0.29, 0.717) is 5.13 Å². The predicted molar refractivity (Wildman–Crippen MR) is 104 cm³/mol. The fourth-order valence-electron chi connectivity index (χ4n) is 2.12. The SMILES string of the molecule is O=C(CSc1ncnc2sccc12)Nc1nc2ccc(Br)cc2s1. The molecule has 0 saturated heterocycles. The molecule has 4 aromatic rings. The number of anilines is 1. The number of hydrogen-bond donors (Lipinski definition) is 1. The maximum Gasteiger partial charge on any atom is 0.236 e. The molecule has 0 saturated carbocycles. The zero-order valence-electron chi connectivity index (χ0n) is 12.0. The highest BCUT2D eigenvalue weighted by Crippen LogP contribution is 2.30. The molecule has 0 aliphatic heterocycles. The minimum absolute atomic E-state index is 0.0971. The lowest BCUT2D eigenvalue weighted by molar-refractivity contribution is -0.113. The highest BCUT2D eigenvalue weighted by Gasteiger charge is 2.11. The number of nitrogens with zero attached hydrogens (tertiary/aromatic N) is 3. The van der Waals surface area contributed by atoms with Crippen molar-refractivity contribution in [3.05, 3.63) is 40.4 Å². The van der Waals surface area contributed by atoms with Gasteiger partial charge in [-0.05, 0) is 29.6 Å². The topological polar surface area (TPSA) is 67.8 Å². The molecule has 0 aliphatic carbocycles. The van der Waals surface area contributed by atoms with Gasteiger partial charge in [-0.3, -0.25) is 4.79 Å². The van der Waals surface area contributed by atoms with Gasteiger partial charge in [0, 0.05) is 9.86 Å². The van der Waals surface area contributed by atoms with E-state index in [1.807, 2.05) is 29.6 Å². The third kappa shape index (κ3) is 3.30. The van der Waals surface area contributed by atoms with Crippen LogP contribution in [0.25, 0.3) is 20.4 Å². The Labute approximate surface area is 157 Å². The summed E-state index contributed by atoms with van der Waals surface area (Å²) >= 11 is 7.86. The van der Waals surface area contributed by atoms with Crippen LogP contribution in [0.4, 0.5) is 5.13 Å². The smallest absolute Gasteiger partial charge is 0.236 e. The van der Waals surface area contributed by atoms with Crippen molar-refractivity contribution in [1.29, 1.82) is 0 Å².